The van der Waals surface area contributed by atoms with Crippen LogP contribution in [0.1, 0.15) is 101 Å². The fourth-order valence-corrected chi connectivity index (χ4v) is 2.71. The van der Waals surface area contributed by atoms with Crippen molar-refractivity contribution in [2.45, 2.75) is 101 Å². The monoisotopic (exact) mass is 286 g/mol. The Morgan fingerprint density at radius 3 is 1.30 bits per heavy atom. The van der Waals surface area contributed by atoms with E-state index < -0.39 is 0 Å². The first-order chi connectivity index (χ1) is 9.77. The first kappa shape index (κ1) is 28.0. The highest BCUT2D eigenvalue weighted by Gasteiger charge is 2.23. The average molecular weight is 287 g/mol. The van der Waals surface area contributed by atoms with Crippen LogP contribution in [0.3, 0.4) is 0 Å². The van der Waals surface area contributed by atoms with Gasteiger partial charge in [0.2, 0.25) is 0 Å². The molecule has 1 fully saturated rings. The second-order valence-electron chi connectivity index (χ2n) is 4.60. The van der Waals surface area contributed by atoms with Crippen molar-refractivity contribution in [3.05, 3.63) is 13.2 Å². The highest BCUT2D eigenvalue weighted by atomic mass is 14.3. The fraction of sp³-hybridized carbons (Fsp3) is 0.900. The van der Waals surface area contributed by atoms with Crippen molar-refractivity contribution in [3.63, 3.8) is 0 Å². The van der Waals surface area contributed by atoms with E-state index in [0.717, 1.165) is 17.8 Å². The lowest BCUT2D eigenvalue weighted by atomic mass is 9.74. The van der Waals surface area contributed by atoms with Gasteiger partial charge in [-0.25, -0.2) is 0 Å². The summed E-state index contributed by atoms with van der Waals surface area (Å²) in [6, 6.07) is 0. The summed E-state index contributed by atoms with van der Waals surface area (Å²) in [6.45, 7) is 25.1. The average Bonchev–Trinajstić information content (AvgIpc) is 2.58. The van der Waals surface area contributed by atoms with Crippen molar-refractivity contribution in [1.29, 1.82) is 0 Å². The molecule has 1 saturated carbocycles. The first-order valence-electron chi connectivity index (χ1n) is 9.27. The number of hydrogen-bond acceptors (Lipinski definition) is 0. The molecule has 20 heavy (non-hydrogen) atoms. The van der Waals surface area contributed by atoms with E-state index in [1.165, 1.54) is 38.5 Å². The van der Waals surface area contributed by atoms with Crippen LogP contribution in [0.15, 0.2) is 13.2 Å². The minimum absolute atomic E-state index is 1.01. The quantitative estimate of drug-likeness (QED) is 0.459. The van der Waals surface area contributed by atoms with Gasteiger partial charge in [0.25, 0.3) is 0 Å². The Hall–Kier alpha value is -0.260. The Kier molecular flexibility index (Phi) is 38.0. The van der Waals surface area contributed by atoms with Crippen molar-refractivity contribution < 1.29 is 0 Å². The van der Waals surface area contributed by atoms with Crippen LogP contribution >= 0.6 is 0 Å². The molecule has 0 amide bonds. The van der Waals surface area contributed by atoms with Gasteiger partial charge < -0.3 is 0 Å². The Morgan fingerprint density at radius 1 is 0.750 bits per heavy atom. The minimum atomic E-state index is 1.01. The molecule has 1 aliphatic carbocycles. The molecule has 0 aromatic carbocycles. The van der Waals surface area contributed by atoms with E-state index in [4.69, 9.17) is 0 Å². The molecule has 0 unspecified atom stereocenters. The smallest absolute Gasteiger partial charge is 0.0386 e. The summed E-state index contributed by atoms with van der Waals surface area (Å²) in [6.07, 6.45) is 8.79. The third-order valence-electron chi connectivity index (χ3n) is 3.78. The fourth-order valence-electron chi connectivity index (χ4n) is 2.71. The molecule has 126 valence electrons. The molecular formula is C20H46. The molecule has 0 heteroatoms. The van der Waals surface area contributed by atoms with Gasteiger partial charge >= 0.3 is 0 Å². The maximum Gasteiger partial charge on any atom is -0.0386 e. The molecule has 1 aliphatic rings. The van der Waals surface area contributed by atoms with Gasteiger partial charge in [-0.05, 0) is 30.6 Å². The van der Waals surface area contributed by atoms with Crippen molar-refractivity contribution in [2.75, 3.05) is 0 Å². The van der Waals surface area contributed by atoms with Crippen LogP contribution in [0.5, 0.6) is 0 Å². The molecule has 0 bridgehead atoms. The van der Waals surface area contributed by atoms with Gasteiger partial charge in [-0.15, -0.1) is 13.2 Å². The van der Waals surface area contributed by atoms with Crippen LogP contribution in [0.25, 0.3) is 0 Å². The molecular weight excluding hydrogens is 240 g/mol. The zero-order valence-corrected chi connectivity index (χ0v) is 16.4. The molecule has 0 aromatic heterocycles. The Balaban J connectivity index is -0.000000138. The van der Waals surface area contributed by atoms with E-state index in [1.54, 1.807) is 0 Å². The highest BCUT2D eigenvalue weighted by molar-refractivity contribution is 4.74. The second-order valence-corrected chi connectivity index (χ2v) is 4.60. The molecule has 0 aromatic rings. The topological polar surface area (TPSA) is 0 Å². The summed E-state index contributed by atoms with van der Waals surface area (Å²) in [4.78, 5) is 0. The first-order valence-corrected chi connectivity index (χ1v) is 9.27. The summed E-state index contributed by atoms with van der Waals surface area (Å²) in [5.41, 5.74) is 0. The normalized spacial score (nSPS) is 19.7. The van der Waals surface area contributed by atoms with Gasteiger partial charge in [-0.2, -0.15) is 0 Å². The molecule has 0 N–H and O–H groups in total. The van der Waals surface area contributed by atoms with E-state index in [9.17, 15) is 0 Å². The summed E-state index contributed by atoms with van der Waals surface area (Å²) in [5.74, 6) is 3.10. The van der Waals surface area contributed by atoms with Crippen LogP contribution in [-0.4, -0.2) is 0 Å². The summed E-state index contributed by atoms with van der Waals surface area (Å²) in [5, 5.41) is 0. The van der Waals surface area contributed by atoms with Gasteiger partial charge in [0, 0.05) is 0 Å². The van der Waals surface area contributed by atoms with E-state index in [0.29, 0.717) is 0 Å². The van der Waals surface area contributed by atoms with Gasteiger partial charge in [-0.1, -0.05) is 88.0 Å². The predicted octanol–water partition coefficient (Wildman–Crippen LogP) is 8.13. The summed E-state index contributed by atoms with van der Waals surface area (Å²) < 4.78 is 0. The van der Waals surface area contributed by atoms with E-state index in [-0.39, 0.29) is 0 Å². The lowest BCUT2D eigenvalue weighted by molar-refractivity contribution is 0.203. The van der Waals surface area contributed by atoms with Gasteiger partial charge in [0.1, 0.15) is 0 Å². The van der Waals surface area contributed by atoms with Gasteiger partial charge in [0.05, 0.1) is 0 Å². The zero-order chi connectivity index (χ0) is 17.0. The molecule has 0 saturated heterocycles. The van der Waals surface area contributed by atoms with Gasteiger partial charge in [0.15, 0.2) is 0 Å². The van der Waals surface area contributed by atoms with Crippen LogP contribution in [-0.2, 0) is 0 Å². The lowest BCUT2D eigenvalue weighted by Gasteiger charge is -2.31. The third-order valence-corrected chi connectivity index (χ3v) is 3.78. The lowest BCUT2D eigenvalue weighted by Crippen LogP contribution is -2.19. The van der Waals surface area contributed by atoms with Crippen molar-refractivity contribution in [1.82, 2.24) is 0 Å². The van der Waals surface area contributed by atoms with Crippen molar-refractivity contribution >= 4 is 0 Å². The SMILES string of the molecule is C=C.CC.CC.CC.CCC(CC)C1CCC(C)CC1. The van der Waals surface area contributed by atoms with Crippen molar-refractivity contribution in [2.24, 2.45) is 17.8 Å². The molecule has 0 radical (unpaired) electrons. The Labute approximate surface area is 132 Å². The van der Waals surface area contributed by atoms with E-state index >= 15 is 0 Å². The van der Waals surface area contributed by atoms with E-state index in [1.807, 2.05) is 41.5 Å². The Morgan fingerprint density at radius 2 is 1.05 bits per heavy atom. The van der Waals surface area contributed by atoms with Crippen LogP contribution in [0, 0.1) is 17.8 Å². The molecule has 0 aliphatic heterocycles. The van der Waals surface area contributed by atoms with Gasteiger partial charge in [-0.3, -0.25) is 0 Å². The minimum Gasteiger partial charge on any atom is -0.106 e. The van der Waals surface area contributed by atoms with E-state index in [2.05, 4.69) is 33.9 Å². The highest BCUT2D eigenvalue weighted by Crippen LogP contribution is 2.35. The second kappa shape index (κ2) is 27.1. The van der Waals surface area contributed by atoms with Crippen molar-refractivity contribution in [3.8, 4) is 0 Å². The Bertz CT molecular complexity index is 116. The molecule has 0 nitrogen and oxygen atoms in total. The molecule has 1 rings (SSSR count). The predicted molar refractivity (Wildman–Crippen MR) is 100 cm³/mol. The van der Waals surface area contributed by atoms with Crippen LogP contribution in [0.4, 0.5) is 0 Å². The molecule has 0 spiro atoms. The van der Waals surface area contributed by atoms with Crippen LogP contribution < -0.4 is 0 Å². The zero-order valence-electron chi connectivity index (χ0n) is 16.4. The number of rotatable bonds is 3. The summed E-state index contributed by atoms with van der Waals surface area (Å²) in [7, 11) is 0. The third kappa shape index (κ3) is 15.8. The molecule has 0 heterocycles. The maximum absolute atomic E-state index is 3.00. The standard InChI is InChI=1S/C12H24.3C2H6.C2H4/c1-4-11(5-2)12-8-6-10(3)7-9-12;4*1-2/h10-12H,4-9H2,1-3H3;3*1-2H3;1-2H2. The number of hydrogen-bond donors (Lipinski definition) is 0. The van der Waals surface area contributed by atoms with Crippen LogP contribution in [0.2, 0.25) is 0 Å². The largest absolute Gasteiger partial charge is 0.106 e. The summed E-state index contributed by atoms with van der Waals surface area (Å²) >= 11 is 0. The molecule has 0 atom stereocenters. The maximum atomic E-state index is 3.00.